The second kappa shape index (κ2) is 13.1. The van der Waals surface area contributed by atoms with Gasteiger partial charge in [0, 0.05) is 49.9 Å². The molecule has 2 unspecified atom stereocenters. The molecule has 0 aliphatic carbocycles. The summed E-state index contributed by atoms with van der Waals surface area (Å²) in [6, 6.07) is 5.41. The van der Waals surface area contributed by atoms with Crippen molar-refractivity contribution in [1.82, 2.24) is 24.8 Å². The first kappa shape index (κ1) is 34.0. The molecule has 12 nitrogen and oxygen atoms in total. The van der Waals surface area contributed by atoms with E-state index in [4.69, 9.17) is 25.6 Å². The quantitative estimate of drug-likeness (QED) is 0.139. The molecule has 8 rings (SSSR count). The van der Waals surface area contributed by atoms with Crippen LogP contribution in [0, 0.1) is 24.0 Å². The maximum absolute atomic E-state index is 17.2. The van der Waals surface area contributed by atoms with Gasteiger partial charge in [0.1, 0.15) is 35.2 Å². The fraction of sp³-hybridized carbons (Fsp3) is 0.421. The Labute approximate surface area is 298 Å². The summed E-state index contributed by atoms with van der Waals surface area (Å²) in [5, 5.41) is 21.0. The average molecular weight is 713 g/mol. The molecule has 2 aromatic heterocycles. The average Bonchev–Trinajstić information content (AvgIpc) is 3.74. The monoisotopic (exact) mass is 712 g/mol. The van der Waals surface area contributed by atoms with E-state index in [0.717, 1.165) is 18.4 Å². The number of benzene rings is 2. The van der Waals surface area contributed by atoms with Crippen LogP contribution in [0.4, 0.5) is 19.4 Å². The van der Waals surface area contributed by atoms with Gasteiger partial charge in [-0.25, -0.2) is 13.6 Å². The van der Waals surface area contributed by atoms with Crippen LogP contribution in [0.15, 0.2) is 42.6 Å². The molecule has 14 heteroatoms. The number of aliphatic hydroxyl groups is 1. The molecule has 0 spiro atoms. The van der Waals surface area contributed by atoms with Crippen LogP contribution >= 0.6 is 0 Å². The van der Waals surface area contributed by atoms with E-state index in [0.29, 0.717) is 61.2 Å². The van der Waals surface area contributed by atoms with Gasteiger partial charge in [-0.05, 0) is 55.7 Å². The smallest absolute Gasteiger partial charge is 0.407 e. The fourth-order valence-corrected chi connectivity index (χ4v) is 8.82. The highest BCUT2D eigenvalue weighted by atomic mass is 19.1. The SMILES string of the molecule is C#Cc1c(F)ccc2cc(OCOC)cc(-c3ncc4c(N5CC6CCC(C5)N6C(=O)O)nc(OC[C@@]56CC[C@@H](CO)N5CC(=C)C6)nc4c3F)c12. The van der Waals surface area contributed by atoms with Gasteiger partial charge in [0.25, 0.3) is 0 Å². The summed E-state index contributed by atoms with van der Waals surface area (Å²) in [5.74, 6) is 1.68. The van der Waals surface area contributed by atoms with Gasteiger partial charge in [-0.15, -0.1) is 6.42 Å². The van der Waals surface area contributed by atoms with Crippen LogP contribution in [0.2, 0.25) is 0 Å². The molecule has 4 aliphatic heterocycles. The third-order valence-electron chi connectivity index (χ3n) is 11.1. The van der Waals surface area contributed by atoms with Gasteiger partial charge in [-0.3, -0.25) is 14.8 Å². The first-order valence-corrected chi connectivity index (χ1v) is 17.3. The van der Waals surface area contributed by atoms with E-state index in [1.807, 2.05) is 4.90 Å². The van der Waals surface area contributed by atoms with Crippen LogP contribution in [0.25, 0.3) is 32.9 Å². The number of anilines is 1. The minimum atomic E-state index is -0.965. The molecule has 4 aromatic rings. The van der Waals surface area contributed by atoms with Crippen LogP contribution in [0.3, 0.4) is 0 Å². The van der Waals surface area contributed by atoms with Crippen LogP contribution in [0.5, 0.6) is 11.8 Å². The number of terminal acetylenes is 1. The van der Waals surface area contributed by atoms with E-state index in [1.165, 1.54) is 30.3 Å². The van der Waals surface area contributed by atoms with Gasteiger partial charge < -0.3 is 29.3 Å². The van der Waals surface area contributed by atoms with Crippen molar-refractivity contribution in [3.63, 3.8) is 0 Å². The van der Waals surface area contributed by atoms with Gasteiger partial charge in [0.15, 0.2) is 12.6 Å². The number of hydrogen-bond donors (Lipinski definition) is 2. The van der Waals surface area contributed by atoms with Crippen LogP contribution in [0.1, 0.15) is 37.7 Å². The maximum atomic E-state index is 17.2. The third-order valence-corrected chi connectivity index (χ3v) is 11.1. The van der Waals surface area contributed by atoms with Crippen molar-refractivity contribution in [2.24, 2.45) is 0 Å². The number of methoxy groups -OCH3 is 1. The Hall–Kier alpha value is -5.10. The fourth-order valence-electron chi connectivity index (χ4n) is 8.82. The zero-order chi connectivity index (χ0) is 36.3. The van der Waals surface area contributed by atoms with E-state index in [9.17, 15) is 15.0 Å². The normalized spacial score (nSPS) is 24.1. The van der Waals surface area contributed by atoms with Crippen LogP contribution < -0.4 is 14.4 Å². The van der Waals surface area contributed by atoms with Crippen LogP contribution in [-0.4, -0.2) is 111 Å². The lowest BCUT2D eigenvalue weighted by Crippen LogP contribution is -2.55. The van der Waals surface area contributed by atoms with Crippen molar-refractivity contribution >= 4 is 33.6 Å². The second-order valence-electron chi connectivity index (χ2n) is 14.1. The molecule has 270 valence electrons. The number of amides is 1. The summed E-state index contributed by atoms with van der Waals surface area (Å²) in [7, 11) is 1.47. The van der Waals surface area contributed by atoms with Crippen molar-refractivity contribution in [2.45, 2.75) is 55.8 Å². The Morgan fingerprint density at radius 3 is 2.65 bits per heavy atom. The van der Waals surface area contributed by atoms with Gasteiger partial charge in [0.2, 0.25) is 0 Å². The van der Waals surface area contributed by atoms with Crippen molar-refractivity contribution < 1.29 is 38.0 Å². The van der Waals surface area contributed by atoms with E-state index >= 15 is 8.78 Å². The number of nitrogens with zero attached hydrogens (tertiary/aromatic N) is 6. The Morgan fingerprint density at radius 1 is 1.15 bits per heavy atom. The molecule has 6 heterocycles. The molecular weight excluding hydrogens is 674 g/mol. The summed E-state index contributed by atoms with van der Waals surface area (Å²) in [6.45, 7) is 5.69. The molecule has 1 amide bonds. The largest absolute Gasteiger partial charge is 0.468 e. The van der Waals surface area contributed by atoms with E-state index in [-0.39, 0.29) is 71.9 Å². The molecular formula is C38H38F2N6O6. The van der Waals surface area contributed by atoms with E-state index < -0.39 is 23.3 Å². The van der Waals surface area contributed by atoms with Crippen molar-refractivity contribution in [3.05, 3.63) is 59.8 Å². The van der Waals surface area contributed by atoms with Crippen molar-refractivity contribution in [3.8, 4) is 35.4 Å². The molecule has 0 saturated carbocycles. The van der Waals surface area contributed by atoms with Gasteiger partial charge in [0.05, 0.1) is 35.2 Å². The summed E-state index contributed by atoms with van der Waals surface area (Å²) in [5.41, 5.74) is 0.582. The first-order chi connectivity index (χ1) is 25.1. The third kappa shape index (κ3) is 5.55. The molecule has 2 N–H and O–H groups in total. The minimum Gasteiger partial charge on any atom is -0.468 e. The Balaban J connectivity index is 1.27. The highest BCUT2D eigenvalue weighted by Gasteiger charge is 2.51. The Bertz CT molecular complexity index is 2150. The van der Waals surface area contributed by atoms with Gasteiger partial charge in [-0.1, -0.05) is 24.1 Å². The number of piperazine rings is 1. The maximum Gasteiger partial charge on any atom is 0.407 e. The molecule has 4 fully saturated rings. The number of rotatable bonds is 9. The summed E-state index contributed by atoms with van der Waals surface area (Å²) < 4.78 is 49.5. The molecule has 52 heavy (non-hydrogen) atoms. The number of aromatic nitrogens is 3. The zero-order valence-electron chi connectivity index (χ0n) is 28.6. The van der Waals surface area contributed by atoms with Gasteiger partial charge in [-0.2, -0.15) is 9.97 Å². The van der Waals surface area contributed by atoms with E-state index in [1.54, 1.807) is 12.1 Å². The molecule has 4 atom stereocenters. The zero-order valence-corrected chi connectivity index (χ0v) is 28.6. The topological polar surface area (TPSA) is 134 Å². The number of halogens is 2. The highest BCUT2D eigenvalue weighted by Crippen LogP contribution is 2.45. The summed E-state index contributed by atoms with van der Waals surface area (Å²) in [6.07, 6.45) is 9.97. The molecule has 4 aliphatic rings. The summed E-state index contributed by atoms with van der Waals surface area (Å²) >= 11 is 0. The molecule has 4 saturated heterocycles. The number of carboxylic acid groups (broad SMARTS) is 1. The number of ether oxygens (including phenoxy) is 3. The lowest BCUT2D eigenvalue weighted by atomic mass is 9.94. The second-order valence-corrected chi connectivity index (χ2v) is 14.1. The predicted octanol–water partition coefficient (Wildman–Crippen LogP) is 4.95. The van der Waals surface area contributed by atoms with Gasteiger partial charge >= 0.3 is 12.1 Å². The predicted molar refractivity (Wildman–Crippen MR) is 188 cm³/mol. The molecule has 0 radical (unpaired) electrons. The number of carbonyl (C=O) groups is 1. The minimum absolute atomic E-state index is 0.0146. The van der Waals surface area contributed by atoms with Crippen molar-refractivity contribution in [1.29, 1.82) is 0 Å². The van der Waals surface area contributed by atoms with Crippen molar-refractivity contribution in [2.75, 3.05) is 51.7 Å². The molecule has 2 aromatic carbocycles. The number of fused-ring (bicyclic) bond motifs is 5. The number of hydrogen-bond acceptors (Lipinski definition) is 10. The number of pyridine rings is 1. The number of aliphatic hydroxyl groups excluding tert-OH is 1. The standard InChI is InChI=1S/C38H38F2N6O6/c1-4-27-30(39)8-5-22-11-26(52-20-50-3)12-28(31(22)27)33-32(40)34-29(14-41-33)35(44-16-23-6-7-24(17-44)46(23)37(48)49)43-36(42-34)51-19-38-10-9-25(18-47)45(38)15-21(2)13-38/h1,5,8,11-12,14,23-25,47H,2,6-7,9-10,13,15-20H2,3H3,(H,48,49)/t23?,24?,25-,38-/m0/s1. The molecule has 2 bridgehead atoms. The van der Waals surface area contributed by atoms with Crippen LogP contribution in [-0.2, 0) is 4.74 Å². The first-order valence-electron chi connectivity index (χ1n) is 17.3. The lowest BCUT2D eigenvalue weighted by Gasteiger charge is -2.40. The Kier molecular flexibility index (Phi) is 8.60. The lowest BCUT2D eigenvalue weighted by molar-refractivity contribution is 0.0512. The Morgan fingerprint density at radius 2 is 1.94 bits per heavy atom. The highest BCUT2D eigenvalue weighted by molar-refractivity contribution is 6.03. The van der Waals surface area contributed by atoms with E-state index in [2.05, 4.69) is 27.4 Å². The summed E-state index contributed by atoms with van der Waals surface area (Å²) in [4.78, 5) is 31.8.